The number of halogens is 3. The molecule has 6 aromatic rings. The summed E-state index contributed by atoms with van der Waals surface area (Å²) in [6.45, 7) is 3.93. The number of aromatic nitrogens is 8. The van der Waals surface area contributed by atoms with Crippen molar-refractivity contribution in [2.45, 2.75) is 38.5 Å². The SMILES string of the molecule is Cc1ccc([C@H]2C[C@@H](C(F)(F)F)n3nc(-c4nc5c6cnn(-c7ccccc7)c6ncn5n4)cc3N2)cc1C. The third kappa shape index (κ3) is 3.82. The zero-order valence-corrected chi connectivity index (χ0v) is 20.9. The molecule has 0 aliphatic carbocycles. The van der Waals surface area contributed by atoms with Crippen molar-refractivity contribution in [2.75, 3.05) is 5.32 Å². The Morgan fingerprint density at radius 1 is 0.949 bits per heavy atom. The van der Waals surface area contributed by atoms with Crippen LogP contribution in [0.4, 0.5) is 19.0 Å². The van der Waals surface area contributed by atoms with Crippen molar-refractivity contribution in [1.82, 2.24) is 39.1 Å². The van der Waals surface area contributed by atoms with Crippen LogP contribution in [0, 0.1) is 13.8 Å². The van der Waals surface area contributed by atoms with Gasteiger partial charge in [-0.2, -0.15) is 23.4 Å². The third-order valence-electron chi connectivity index (χ3n) is 7.26. The molecule has 39 heavy (non-hydrogen) atoms. The number of alkyl halides is 3. The Labute approximate surface area is 219 Å². The van der Waals surface area contributed by atoms with Gasteiger partial charge in [-0.3, -0.25) is 0 Å². The zero-order valence-electron chi connectivity index (χ0n) is 20.9. The largest absolute Gasteiger partial charge is 0.410 e. The Hall–Kier alpha value is -4.74. The second-order valence-electron chi connectivity index (χ2n) is 9.77. The number of nitrogens with zero attached hydrogens (tertiary/aromatic N) is 8. The summed E-state index contributed by atoms with van der Waals surface area (Å²) in [4.78, 5) is 9.11. The third-order valence-corrected chi connectivity index (χ3v) is 7.26. The molecule has 1 N–H and O–H groups in total. The highest BCUT2D eigenvalue weighted by molar-refractivity contribution is 5.89. The van der Waals surface area contributed by atoms with Crippen molar-refractivity contribution >= 4 is 22.5 Å². The Kier molecular flexibility index (Phi) is 5.03. The summed E-state index contributed by atoms with van der Waals surface area (Å²) in [5, 5.41) is 17.1. The van der Waals surface area contributed by atoms with E-state index in [0.717, 1.165) is 27.1 Å². The van der Waals surface area contributed by atoms with Crippen LogP contribution in [0.2, 0.25) is 0 Å². The van der Waals surface area contributed by atoms with Crippen LogP contribution in [0.5, 0.6) is 0 Å². The van der Waals surface area contributed by atoms with Gasteiger partial charge in [-0.1, -0.05) is 36.4 Å². The molecule has 0 bridgehead atoms. The van der Waals surface area contributed by atoms with E-state index in [-0.39, 0.29) is 23.8 Å². The predicted molar refractivity (Wildman–Crippen MR) is 139 cm³/mol. The minimum atomic E-state index is -4.48. The van der Waals surface area contributed by atoms with Crippen molar-refractivity contribution in [3.8, 4) is 17.2 Å². The van der Waals surface area contributed by atoms with Crippen molar-refractivity contribution in [3.63, 3.8) is 0 Å². The summed E-state index contributed by atoms with van der Waals surface area (Å²) >= 11 is 0. The standard InChI is InChI=1S/C27H22F3N9/c1-15-8-9-17(10-16(15)2)20-11-22(27(28,29)30)39-23(33-20)12-21(35-39)24-34-26-19-13-32-38(18-6-4-3-5-7-18)25(19)31-14-37(26)36-24/h3-10,12-14,20,22,33H,11H2,1-2H3/t20-,22+/m1/s1. The highest BCUT2D eigenvalue weighted by Crippen LogP contribution is 2.44. The first-order valence-corrected chi connectivity index (χ1v) is 12.4. The van der Waals surface area contributed by atoms with Crippen LogP contribution < -0.4 is 5.32 Å². The first-order chi connectivity index (χ1) is 18.8. The molecule has 0 fully saturated rings. The average Bonchev–Trinajstić information content (AvgIpc) is 3.65. The summed E-state index contributed by atoms with van der Waals surface area (Å²) in [6.07, 6.45) is -1.50. The highest BCUT2D eigenvalue weighted by atomic mass is 19.4. The van der Waals surface area contributed by atoms with Gasteiger partial charge in [0, 0.05) is 12.5 Å². The van der Waals surface area contributed by atoms with E-state index in [1.165, 1.54) is 10.8 Å². The predicted octanol–water partition coefficient (Wildman–Crippen LogP) is 5.60. The van der Waals surface area contributed by atoms with E-state index in [9.17, 15) is 13.2 Å². The minimum Gasteiger partial charge on any atom is -0.363 e. The van der Waals surface area contributed by atoms with E-state index in [4.69, 9.17) is 0 Å². The Bertz CT molecular complexity index is 1850. The lowest BCUT2D eigenvalue weighted by atomic mass is 9.94. The summed E-state index contributed by atoms with van der Waals surface area (Å²) in [7, 11) is 0. The highest BCUT2D eigenvalue weighted by Gasteiger charge is 2.46. The fourth-order valence-electron chi connectivity index (χ4n) is 5.07. The van der Waals surface area contributed by atoms with Gasteiger partial charge in [0.25, 0.3) is 0 Å². The zero-order chi connectivity index (χ0) is 26.9. The number of para-hydroxylation sites is 1. The summed E-state index contributed by atoms with van der Waals surface area (Å²) in [5.74, 6) is 0.463. The molecule has 0 saturated carbocycles. The molecule has 196 valence electrons. The molecular weight excluding hydrogens is 507 g/mol. The van der Waals surface area contributed by atoms with Crippen molar-refractivity contribution in [2.24, 2.45) is 0 Å². The van der Waals surface area contributed by atoms with Crippen molar-refractivity contribution in [1.29, 1.82) is 0 Å². The second kappa shape index (κ2) is 8.38. The summed E-state index contributed by atoms with van der Waals surface area (Å²) in [6, 6.07) is 14.6. The van der Waals surface area contributed by atoms with Gasteiger partial charge in [-0.05, 0) is 42.7 Å². The van der Waals surface area contributed by atoms with Crippen molar-refractivity contribution in [3.05, 3.63) is 83.8 Å². The number of anilines is 1. The second-order valence-corrected chi connectivity index (χ2v) is 9.77. The maximum absolute atomic E-state index is 14.2. The minimum absolute atomic E-state index is 0.179. The monoisotopic (exact) mass is 529 g/mol. The first-order valence-electron chi connectivity index (χ1n) is 12.4. The quantitative estimate of drug-likeness (QED) is 0.321. The topological polar surface area (TPSA) is 90.8 Å². The van der Waals surface area contributed by atoms with Crippen LogP contribution in [0.25, 0.3) is 33.9 Å². The van der Waals surface area contributed by atoms with E-state index in [1.807, 2.05) is 62.4 Å². The maximum Gasteiger partial charge on any atom is 0.410 e. The lowest BCUT2D eigenvalue weighted by Gasteiger charge is -2.33. The normalized spacial score (nSPS) is 17.5. The molecule has 7 rings (SSSR count). The van der Waals surface area contributed by atoms with Gasteiger partial charge >= 0.3 is 6.18 Å². The van der Waals surface area contributed by atoms with E-state index in [2.05, 4.69) is 30.6 Å². The van der Waals surface area contributed by atoms with Crippen LogP contribution >= 0.6 is 0 Å². The molecule has 0 amide bonds. The van der Waals surface area contributed by atoms with E-state index < -0.39 is 18.3 Å². The molecule has 0 saturated heterocycles. The fourth-order valence-corrected chi connectivity index (χ4v) is 5.07. The average molecular weight is 530 g/mol. The lowest BCUT2D eigenvalue weighted by molar-refractivity contribution is -0.173. The van der Waals surface area contributed by atoms with E-state index >= 15 is 0 Å². The van der Waals surface area contributed by atoms with E-state index in [0.29, 0.717) is 16.7 Å². The number of hydrogen-bond donors (Lipinski definition) is 1. The molecule has 2 aromatic carbocycles. The molecule has 0 radical (unpaired) electrons. The molecule has 1 aliphatic heterocycles. The number of benzene rings is 2. The van der Waals surface area contributed by atoms with Gasteiger partial charge < -0.3 is 5.32 Å². The molecule has 9 nitrogen and oxygen atoms in total. The van der Waals surface area contributed by atoms with Crippen LogP contribution in [-0.4, -0.2) is 45.3 Å². The summed E-state index contributed by atoms with van der Waals surface area (Å²) in [5.41, 5.74) is 5.07. The Morgan fingerprint density at radius 3 is 2.54 bits per heavy atom. The summed E-state index contributed by atoms with van der Waals surface area (Å²) < 4.78 is 46.8. The molecule has 5 heterocycles. The smallest absolute Gasteiger partial charge is 0.363 e. The number of nitrogens with one attached hydrogen (secondary N) is 1. The van der Waals surface area contributed by atoms with Gasteiger partial charge in [0.1, 0.15) is 17.8 Å². The molecule has 0 spiro atoms. The first kappa shape index (κ1) is 23.4. The Balaban J connectivity index is 1.30. The van der Waals surface area contributed by atoms with Crippen LogP contribution in [-0.2, 0) is 0 Å². The van der Waals surface area contributed by atoms with Gasteiger partial charge in [0.05, 0.1) is 23.3 Å². The number of hydrogen-bond acceptors (Lipinski definition) is 6. The van der Waals surface area contributed by atoms with Gasteiger partial charge in [0.15, 0.2) is 17.3 Å². The molecular formula is C27H22F3N9. The van der Waals surface area contributed by atoms with Gasteiger partial charge in [-0.25, -0.2) is 23.8 Å². The maximum atomic E-state index is 14.2. The van der Waals surface area contributed by atoms with Crippen LogP contribution in [0.1, 0.15) is 35.2 Å². The van der Waals surface area contributed by atoms with Gasteiger partial charge in [0.2, 0.25) is 5.82 Å². The Morgan fingerprint density at radius 2 is 1.77 bits per heavy atom. The lowest BCUT2D eigenvalue weighted by Crippen LogP contribution is -2.35. The van der Waals surface area contributed by atoms with Crippen LogP contribution in [0.3, 0.4) is 0 Å². The molecule has 4 aromatic heterocycles. The number of aryl methyl sites for hydroxylation is 2. The molecule has 2 atom stereocenters. The molecule has 0 unspecified atom stereocenters. The fraction of sp³-hybridized carbons (Fsp3) is 0.222. The number of rotatable bonds is 3. The van der Waals surface area contributed by atoms with Crippen molar-refractivity contribution < 1.29 is 13.2 Å². The molecule has 12 heteroatoms. The van der Waals surface area contributed by atoms with Crippen LogP contribution in [0.15, 0.2) is 67.1 Å². The van der Waals surface area contributed by atoms with Gasteiger partial charge in [-0.15, -0.1) is 5.10 Å². The molecule has 1 aliphatic rings. The van der Waals surface area contributed by atoms with E-state index in [1.54, 1.807) is 16.9 Å². The number of fused-ring (bicyclic) bond motifs is 4.